The second-order valence-corrected chi connectivity index (χ2v) is 5.52. The van der Waals surface area contributed by atoms with Gasteiger partial charge < -0.3 is 10.6 Å². The maximum atomic E-state index is 5.88. The summed E-state index contributed by atoms with van der Waals surface area (Å²) in [7, 11) is 0. The van der Waals surface area contributed by atoms with E-state index in [-0.39, 0.29) is 0 Å². The fourth-order valence-electron chi connectivity index (χ4n) is 2.57. The van der Waals surface area contributed by atoms with Crippen molar-refractivity contribution in [3.05, 3.63) is 6.07 Å². The van der Waals surface area contributed by atoms with Crippen molar-refractivity contribution in [1.82, 2.24) is 9.97 Å². The lowest BCUT2D eigenvalue weighted by Crippen LogP contribution is -2.35. The van der Waals surface area contributed by atoms with Gasteiger partial charge in [0, 0.05) is 18.7 Å². The van der Waals surface area contributed by atoms with Crippen molar-refractivity contribution in [2.45, 2.75) is 50.2 Å². The van der Waals surface area contributed by atoms with Gasteiger partial charge in [0.05, 0.1) is 0 Å². The summed E-state index contributed by atoms with van der Waals surface area (Å²) in [5.41, 5.74) is 5.88. The molecule has 1 atom stereocenters. The Labute approximate surface area is 113 Å². The van der Waals surface area contributed by atoms with Crippen molar-refractivity contribution >= 4 is 23.4 Å². The summed E-state index contributed by atoms with van der Waals surface area (Å²) in [6.07, 6.45) is 8.30. The van der Waals surface area contributed by atoms with E-state index in [0.29, 0.717) is 11.9 Å². The van der Waals surface area contributed by atoms with E-state index < -0.39 is 0 Å². The van der Waals surface area contributed by atoms with Gasteiger partial charge in [-0.1, -0.05) is 31.5 Å². The number of nitrogens with two attached hydrogens (primary N) is 1. The molecule has 1 saturated heterocycles. The summed E-state index contributed by atoms with van der Waals surface area (Å²) in [6, 6.07) is 2.50. The van der Waals surface area contributed by atoms with Gasteiger partial charge in [-0.15, -0.1) is 0 Å². The van der Waals surface area contributed by atoms with Crippen LogP contribution in [0.2, 0.25) is 0 Å². The van der Waals surface area contributed by atoms with Crippen LogP contribution in [0.3, 0.4) is 0 Å². The summed E-state index contributed by atoms with van der Waals surface area (Å²) in [5.74, 6) is 1.57. The van der Waals surface area contributed by atoms with Crippen molar-refractivity contribution in [2.75, 3.05) is 23.4 Å². The summed E-state index contributed by atoms with van der Waals surface area (Å²) < 4.78 is 0. The van der Waals surface area contributed by atoms with E-state index in [9.17, 15) is 0 Å². The quantitative estimate of drug-likeness (QED) is 0.673. The van der Waals surface area contributed by atoms with Gasteiger partial charge in [0.2, 0.25) is 0 Å². The Morgan fingerprint density at radius 1 is 1.39 bits per heavy atom. The number of anilines is 2. The lowest BCUT2D eigenvalue weighted by molar-refractivity contribution is 0.550. The number of hydrogen-bond donors (Lipinski definition) is 1. The molecule has 2 rings (SSSR count). The van der Waals surface area contributed by atoms with Gasteiger partial charge in [0.15, 0.2) is 5.16 Å². The van der Waals surface area contributed by atoms with Crippen molar-refractivity contribution in [1.29, 1.82) is 0 Å². The Kier molecular flexibility index (Phi) is 4.69. The SMILES string of the molecule is CCC1CCCCCN1c1cc(N)nc(SC)n1. The van der Waals surface area contributed by atoms with Crippen LogP contribution in [0.4, 0.5) is 11.6 Å². The summed E-state index contributed by atoms with van der Waals surface area (Å²) >= 11 is 1.55. The molecule has 0 spiro atoms. The van der Waals surface area contributed by atoms with Gasteiger partial charge in [-0.3, -0.25) is 0 Å². The average Bonchev–Trinajstić information content (AvgIpc) is 2.62. The van der Waals surface area contributed by atoms with E-state index in [1.807, 2.05) is 12.3 Å². The molecule has 18 heavy (non-hydrogen) atoms. The Morgan fingerprint density at radius 3 is 2.94 bits per heavy atom. The Bertz CT molecular complexity index is 397. The zero-order valence-corrected chi connectivity index (χ0v) is 12.0. The molecule has 1 unspecified atom stereocenters. The smallest absolute Gasteiger partial charge is 0.191 e. The van der Waals surface area contributed by atoms with Gasteiger partial charge in [-0.2, -0.15) is 0 Å². The fraction of sp³-hybridized carbons (Fsp3) is 0.692. The summed E-state index contributed by atoms with van der Waals surface area (Å²) in [6.45, 7) is 3.34. The molecule has 100 valence electrons. The van der Waals surface area contributed by atoms with Crippen LogP contribution < -0.4 is 10.6 Å². The van der Waals surface area contributed by atoms with E-state index >= 15 is 0 Å². The zero-order chi connectivity index (χ0) is 13.0. The molecule has 4 nitrogen and oxygen atoms in total. The lowest BCUT2D eigenvalue weighted by atomic mass is 10.1. The number of thioether (sulfide) groups is 1. The predicted molar refractivity (Wildman–Crippen MR) is 78.1 cm³/mol. The molecule has 2 heterocycles. The molecular weight excluding hydrogens is 244 g/mol. The van der Waals surface area contributed by atoms with Crippen LogP contribution in [0.25, 0.3) is 0 Å². The maximum absolute atomic E-state index is 5.88. The van der Waals surface area contributed by atoms with Gasteiger partial charge in [0.1, 0.15) is 11.6 Å². The minimum absolute atomic E-state index is 0.573. The minimum atomic E-state index is 0.573. The monoisotopic (exact) mass is 266 g/mol. The molecular formula is C13H22N4S. The second-order valence-electron chi connectivity index (χ2n) is 4.74. The highest BCUT2D eigenvalue weighted by molar-refractivity contribution is 7.98. The van der Waals surface area contributed by atoms with Gasteiger partial charge in [-0.25, -0.2) is 9.97 Å². The Morgan fingerprint density at radius 2 is 2.22 bits per heavy atom. The summed E-state index contributed by atoms with van der Waals surface area (Å²) in [5, 5.41) is 0.768. The molecule has 0 aliphatic carbocycles. The number of hydrogen-bond acceptors (Lipinski definition) is 5. The zero-order valence-electron chi connectivity index (χ0n) is 11.2. The number of nitrogens with zero attached hydrogens (tertiary/aromatic N) is 3. The molecule has 1 fully saturated rings. The van der Waals surface area contributed by atoms with Crippen molar-refractivity contribution in [3.63, 3.8) is 0 Å². The van der Waals surface area contributed by atoms with Crippen LogP contribution in [0.1, 0.15) is 39.0 Å². The third-order valence-corrected chi connectivity index (χ3v) is 4.08. The topological polar surface area (TPSA) is 55.0 Å². The van der Waals surface area contributed by atoms with Gasteiger partial charge in [-0.05, 0) is 25.5 Å². The standard InChI is InChI=1S/C13H22N4S/c1-3-10-7-5-4-6-8-17(10)12-9-11(14)15-13(16-12)18-2/h9-10H,3-8H2,1-2H3,(H2,14,15,16). The molecule has 0 amide bonds. The molecule has 0 radical (unpaired) electrons. The number of aromatic nitrogens is 2. The van der Waals surface area contributed by atoms with E-state index in [2.05, 4.69) is 21.8 Å². The molecule has 1 aliphatic rings. The highest BCUT2D eigenvalue weighted by Crippen LogP contribution is 2.26. The predicted octanol–water partition coefficient (Wildman–Crippen LogP) is 2.94. The number of rotatable bonds is 3. The molecule has 2 N–H and O–H groups in total. The molecule has 1 aliphatic heterocycles. The highest BCUT2D eigenvalue weighted by atomic mass is 32.2. The third-order valence-electron chi connectivity index (χ3n) is 3.54. The van der Waals surface area contributed by atoms with Crippen molar-refractivity contribution in [3.8, 4) is 0 Å². The van der Waals surface area contributed by atoms with Crippen LogP contribution in [0.15, 0.2) is 11.2 Å². The molecule has 1 aromatic heterocycles. The van der Waals surface area contributed by atoms with E-state index in [4.69, 9.17) is 5.73 Å². The maximum Gasteiger partial charge on any atom is 0.191 e. The summed E-state index contributed by atoms with van der Waals surface area (Å²) in [4.78, 5) is 11.3. The average molecular weight is 266 g/mol. The van der Waals surface area contributed by atoms with E-state index in [0.717, 1.165) is 17.5 Å². The first-order valence-corrected chi connectivity index (χ1v) is 7.92. The Balaban J connectivity index is 2.29. The Hall–Kier alpha value is -0.970. The van der Waals surface area contributed by atoms with Gasteiger partial charge >= 0.3 is 0 Å². The molecule has 5 heteroatoms. The molecule has 0 aromatic carbocycles. The van der Waals surface area contributed by atoms with E-state index in [1.165, 1.54) is 32.1 Å². The molecule has 1 aromatic rings. The third kappa shape index (κ3) is 3.07. The minimum Gasteiger partial charge on any atom is -0.383 e. The van der Waals surface area contributed by atoms with Crippen LogP contribution in [0, 0.1) is 0 Å². The highest BCUT2D eigenvalue weighted by Gasteiger charge is 2.21. The van der Waals surface area contributed by atoms with Crippen molar-refractivity contribution in [2.24, 2.45) is 0 Å². The first kappa shape index (κ1) is 13.5. The largest absolute Gasteiger partial charge is 0.383 e. The fourth-order valence-corrected chi connectivity index (χ4v) is 2.95. The van der Waals surface area contributed by atoms with Crippen LogP contribution in [-0.2, 0) is 0 Å². The lowest BCUT2D eigenvalue weighted by Gasteiger charge is -2.30. The second kappa shape index (κ2) is 6.27. The van der Waals surface area contributed by atoms with Crippen LogP contribution >= 0.6 is 11.8 Å². The van der Waals surface area contributed by atoms with Gasteiger partial charge in [0.25, 0.3) is 0 Å². The van der Waals surface area contributed by atoms with E-state index in [1.54, 1.807) is 11.8 Å². The molecule has 0 bridgehead atoms. The van der Waals surface area contributed by atoms with Crippen LogP contribution in [0.5, 0.6) is 0 Å². The number of nitrogen functional groups attached to an aromatic ring is 1. The first-order chi connectivity index (χ1) is 8.74. The molecule has 0 saturated carbocycles. The van der Waals surface area contributed by atoms with Crippen LogP contribution in [-0.4, -0.2) is 28.8 Å². The van der Waals surface area contributed by atoms with Crippen molar-refractivity contribution < 1.29 is 0 Å². The normalized spacial score (nSPS) is 20.8. The first-order valence-electron chi connectivity index (χ1n) is 6.69.